The van der Waals surface area contributed by atoms with Crippen molar-refractivity contribution in [3.8, 4) is 45.3 Å². The summed E-state index contributed by atoms with van der Waals surface area (Å²) >= 11 is 0. The first-order chi connectivity index (χ1) is 17.3. The minimum absolute atomic E-state index is 0.338. The predicted molar refractivity (Wildman–Crippen MR) is 159 cm³/mol. The minimum Gasteiger partial charge on any atom is -0.484 e. The van der Waals surface area contributed by atoms with Crippen LogP contribution < -0.4 is 18.9 Å². The van der Waals surface area contributed by atoms with Crippen LogP contribution >= 0.6 is 0 Å². The van der Waals surface area contributed by atoms with Crippen LogP contribution in [-0.2, 0) is 0 Å². The van der Waals surface area contributed by atoms with Gasteiger partial charge in [-0.25, -0.2) is 0 Å². The third-order valence-electron chi connectivity index (χ3n) is 5.10. The van der Waals surface area contributed by atoms with Gasteiger partial charge in [0.05, 0.1) is 0 Å². The molecule has 0 N–H and O–H groups in total. The summed E-state index contributed by atoms with van der Waals surface area (Å²) in [6, 6.07) is 20.8. The van der Waals surface area contributed by atoms with Crippen molar-refractivity contribution in [2.75, 3.05) is 0 Å². The Balaban J connectivity index is 2.14. The number of hydrogen-bond acceptors (Lipinski definition) is 4. The Kier molecular flexibility index (Phi) is 8.17. The third-order valence-corrected chi connectivity index (χ3v) is 5.10. The number of ether oxygens (including phenoxy) is 4. The molecule has 3 aromatic carbocycles. The molecule has 206 valence electrons. The van der Waals surface area contributed by atoms with Crippen molar-refractivity contribution < 1.29 is 18.9 Å². The first kappa shape index (κ1) is 29.4. The van der Waals surface area contributed by atoms with Gasteiger partial charge in [-0.2, -0.15) is 0 Å². The van der Waals surface area contributed by atoms with Crippen molar-refractivity contribution in [2.45, 2.75) is 105 Å². The zero-order valence-corrected chi connectivity index (χ0v) is 25.4. The Labute approximate surface area is 230 Å². The molecule has 4 heteroatoms. The van der Waals surface area contributed by atoms with Gasteiger partial charge in [0.15, 0.2) is 23.0 Å². The van der Waals surface area contributed by atoms with Gasteiger partial charge < -0.3 is 18.9 Å². The molecule has 0 saturated carbocycles. The summed E-state index contributed by atoms with van der Waals surface area (Å²) in [7, 11) is 0. The average Bonchev–Trinajstić information content (AvgIpc) is 2.72. The van der Waals surface area contributed by atoms with E-state index in [1.807, 2.05) is 95.2 Å². The SMILES string of the molecule is CC(C)(C)Oc1ccc(-c2ccccc2-c2ccc(OC(C)(C)C)c(OC(C)(C)C)c2)cc1OC(C)(C)C. The van der Waals surface area contributed by atoms with E-state index >= 15 is 0 Å². The lowest BCUT2D eigenvalue weighted by Crippen LogP contribution is -2.26. The Hall–Kier alpha value is -3.14. The number of hydrogen-bond donors (Lipinski definition) is 0. The lowest BCUT2D eigenvalue weighted by atomic mass is 9.94. The fraction of sp³-hybridized carbons (Fsp3) is 0.471. The summed E-state index contributed by atoms with van der Waals surface area (Å²) in [5.74, 6) is 2.92. The highest BCUT2D eigenvalue weighted by molar-refractivity contribution is 5.85. The molecule has 3 rings (SSSR count). The Morgan fingerprint density at radius 2 is 0.658 bits per heavy atom. The van der Waals surface area contributed by atoms with E-state index in [2.05, 4.69) is 48.5 Å². The number of rotatable bonds is 6. The van der Waals surface area contributed by atoms with Crippen LogP contribution in [-0.4, -0.2) is 22.4 Å². The van der Waals surface area contributed by atoms with Crippen LogP contribution in [0.3, 0.4) is 0 Å². The van der Waals surface area contributed by atoms with E-state index in [4.69, 9.17) is 18.9 Å². The summed E-state index contributed by atoms with van der Waals surface area (Å²) in [5, 5.41) is 0. The molecule has 0 radical (unpaired) electrons. The van der Waals surface area contributed by atoms with E-state index in [9.17, 15) is 0 Å². The average molecular weight is 519 g/mol. The highest BCUT2D eigenvalue weighted by Crippen LogP contribution is 2.42. The van der Waals surface area contributed by atoms with Crippen molar-refractivity contribution in [1.82, 2.24) is 0 Å². The molecule has 0 unspecified atom stereocenters. The molecule has 3 aromatic rings. The van der Waals surface area contributed by atoms with Crippen LogP contribution in [0.25, 0.3) is 22.3 Å². The van der Waals surface area contributed by atoms with Crippen LogP contribution in [0.1, 0.15) is 83.1 Å². The molecule has 4 nitrogen and oxygen atoms in total. The smallest absolute Gasteiger partial charge is 0.162 e. The van der Waals surface area contributed by atoms with Crippen LogP contribution in [0, 0.1) is 0 Å². The summed E-state index contributed by atoms with van der Waals surface area (Å²) in [4.78, 5) is 0. The van der Waals surface area contributed by atoms with Gasteiger partial charge in [-0.15, -0.1) is 0 Å². The van der Waals surface area contributed by atoms with Crippen LogP contribution in [0.15, 0.2) is 60.7 Å². The summed E-state index contributed by atoms with van der Waals surface area (Å²) in [5.41, 5.74) is 2.89. The molecule has 0 fully saturated rings. The van der Waals surface area contributed by atoms with Gasteiger partial charge in [0.25, 0.3) is 0 Å². The van der Waals surface area contributed by atoms with Crippen molar-refractivity contribution >= 4 is 0 Å². The highest BCUT2D eigenvalue weighted by atomic mass is 16.5. The molecule has 0 bridgehead atoms. The summed E-state index contributed by atoms with van der Waals surface area (Å²) in [6.07, 6.45) is 0. The lowest BCUT2D eigenvalue weighted by molar-refractivity contribution is 0.0958. The zero-order valence-electron chi connectivity index (χ0n) is 25.4. The fourth-order valence-corrected chi connectivity index (χ4v) is 3.99. The number of benzene rings is 3. The summed E-state index contributed by atoms with van der Waals surface area (Å²) in [6.45, 7) is 24.5. The van der Waals surface area contributed by atoms with E-state index in [0.717, 1.165) is 45.3 Å². The van der Waals surface area contributed by atoms with Crippen LogP contribution in [0.4, 0.5) is 0 Å². The molecule has 0 saturated heterocycles. The molecule has 0 amide bonds. The highest BCUT2D eigenvalue weighted by Gasteiger charge is 2.23. The van der Waals surface area contributed by atoms with E-state index in [1.165, 1.54) is 0 Å². The van der Waals surface area contributed by atoms with Gasteiger partial charge >= 0.3 is 0 Å². The van der Waals surface area contributed by atoms with Crippen molar-refractivity contribution in [1.29, 1.82) is 0 Å². The molecular formula is C34H46O4. The maximum atomic E-state index is 6.36. The Morgan fingerprint density at radius 1 is 0.368 bits per heavy atom. The second-order valence-corrected chi connectivity index (χ2v) is 13.7. The van der Waals surface area contributed by atoms with Gasteiger partial charge in [-0.05, 0) is 130 Å². The van der Waals surface area contributed by atoms with E-state index in [0.29, 0.717) is 0 Å². The van der Waals surface area contributed by atoms with Crippen LogP contribution in [0.2, 0.25) is 0 Å². The molecule has 0 aliphatic heterocycles. The Morgan fingerprint density at radius 3 is 0.947 bits per heavy atom. The Bertz CT molecular complexity index is 1150. The largest absolute Gasteiger partial charge is 0.484 e. The van der Waals surface area contributed by atoms with Crippen molar-refractivity contribution in [3.05, 3.63) is 60.7 Å². The van der Waals surface area contributed by atoms with Crippen molar-refractivity contribution in [2.24, 2.45) is 0 Å². The van der Waals surface area contributed by atoms with E-state index in [1.54, 1.807) is 0 Å². The second-order valence-electron chi connectivity index (χ2n) is 13.7. The van der Waals surface area contributed by atoms with Gasteiger partial charge in [0.1, 0.15) is 22.4 Å². The standard InChI is InChI=1S/C34H46O4/c1-31(2,3)35-27-19-17-23(21-29(27)37-33(7,8)9)25-15-13-14-16-26(25)24-18-20-28(36-32(4,5)6)30(22-24)38-34(10,11)12/h13-22H,1-12H3. The maximum absolute atomic E-state index is 6.36. The zero-order chi connectivity index (χ0) is 28.5. The van der Waals surface area contributed by atoms with Gasteiger partial charge in [-0.3, -0.25) is 0 Å². The molecular weight excluding hydrogens is 472 g/mol. The molecule has 0 aliphatic carbocycles. The molecule has 0 spiro atoms. The first-order valence-corrected chi connectivity index (χ1v) is 13.4. The van der Waals surface area contributed by atoms with Gasteiger partial charge in [0, 0.05) is 0 Å². The molecule has 0 aliphatic rings. The first-order valence-electron chi connectivity index (χ1n) is 13.4. The minimum atomic E-state index is -0.365. The molecule has 0 heterocycles. The lowest BCUT2D eigenvalue weighted by Gasteiger charge is -2.28. The summed E-state index contributed by atoms with van der Waals surface area (Å²) < 4.78 is 25.2. The monoisotopic (exact) mass is 518 g/mol. The fourth-order valence-electron chi connectivity index (χ4n) is 3.99. The topological polar surface area (TPSA) is 36.9 Å². The van der Waals surface area contributed by atoms with Crippen molar-refractivity contribution in [3.63, 3.8) is 0 Å². The van der Waals surface area contributed by atoms with Gasteiger partial charge in [-0.1, -0.05) is 36.4 Å². The predicted octanol–water partition coefficient (Wildman–Crippen LogP) is 9.73. The normalized spacial score (nSPS) is 12.7. The van der Waals surface area contributed by atoms with E-state index < -0.39 is 0 Å². The third kappa shape index (κ3) is 8.72. The molecule has 38 heavy (non-hydrogen) atoms. The van der Waals surface area contributed by atoms with E-state index in [-0.39, 0.29) is 22.4 Å². The molecule has 0 atom stereocenters. The van der Waals surface area contributed by atoms with Gasteiger partial charge in [0.2, 0.25) is 0 Å². The van der Waals surface area contributed by atoms with Crippen LogP contribution in [0.5, 0.6) is 23.0 Å². The maximum Gasteiger partial charge on any atom is 0.162 e. The molecule has 0 aromatic heterocycles. The quantitative estimate of drug-likeness (QED) is 0.325. The second kappa shape index (κ2) is 10.6.